The molecule has 0 saturated carbocycles. The van der Waals surface area contributed by atoms with Crippen LogP contribution in [0.1, 0.15) is 0 Å². The van der Waals surface area contributed by atoms with Gasteiger partial charge in [-0.1, -0.05) is 34.8 Å². The molecule has 0 N–H and O–H groups in total. The minimum Gasteiger partial charge on any atom is -0.453 e. The Balaban J connectivity index is 2.84. The summed E-state index contributed by atoms with van der Waals surface area (Å²) in [7, 11) is 0. The monoisotopic (exact) mass is 256 g/mol. The van der Waals surface area contributed by atoms with E-state index in [-0.39, 0.29) is 10.4 Å². The van der Waals surface area contributed by atoms with E-state index in [0.29, 0.717) is 0 Å². The van der Waals surface area contributed by atoms with Crippen molar-refractivity contribution in [1.82, 2.24) is 0 Å². The topological polar surface area (TPSA) is 18.5 Å². The summed E-state index contributed by atoms with van der Waals surface area (Å²) in [6.45, 7) is 0. The van der Waals surface area contributed by atoms with Crippen molar-refractivity contribution < 1.29 is 9.47 Å². The third-order valence-corrected chi connectivity index (χ3v) is 2.63. The second-order valence-corrected chi connectivity index (χ2v) is 4.04. The predicted molar refractivity (Wildman–Crippen MR) is 45.0 cm³/mol. The zero-order valence-corrected chi connectivity index (χ0v) is 8.56. The average molecular weight is 258 g/mol. The van der Waals surface area contributed by atoms with E-state index in [4.69, 9.17) is 62.7 Å². The largest absolute Gasteiger partial charge is 0.453 e. The molecule has 0 aromatic carbocycles. The van der Waals surface area contributed by atoms with Gasteiger partial charge in [0.15, 0.2) is 0 Å². The summed E-state index contributed by atoms with van der Waals surface area (Å²) in [5.41, 5.74) is -1.08. The van der Waals surface area contributed by atoms with E-state index in [9.17, 15) is 0 Å². The van der Waals surface area contributed by atoms with Gasteiger partial charge < -0.3 is 9.47 Å². The SMILES string of the molecule is ClC1=C(Cl)OC(Cl)(Cl)C(Cl)O1. The molecule has 0 radical (unpaired) electrons. The first-order valence-corrected chi connectivity index (χ1v) is 4.31. The molecule has 0 amide bonds. The lowest BCUT2D eigenvalue weighted by molar-refractivity contribution is 0.0167. The van der Waals surface area contributed by atoms with Gasteiger partial charge in [0, 0.05) is 0 Å². The van der Waals surface area contributed by atoms with Gasteiger partial charge >= 0.3 is 4.52 Å². The van der Waals surface area contributed by atoms with Crippen molar-refractivity contribution in [3.05, 3.63) is 10.4 Å². The standard InChI is InChI=1S/C4HCl5O2/c5-1-2(6)11-4(8,9)3(7)10-1/h3H. The quantitative estimate of drug-likeness (QED) is 0.620. The summed E-state index contributed by atoms with van der Waals surface area (Å²) >= 11 is 27.2. The molecule has 1 unspecified atom stereocenters. The molecule has 0 bridgehead atoms. The molecule has 1 rings (SSSR count). The summed E-state index contributed by atoms with van der Waals surface area (Å²) in [5, 5.41) is -0.378. The molecule has 1 aliphatic heterocycles. The van der Waals surface area contributed by atoms with Crippen molar-refractivity contribution in [3.63, 3.8) is 0 Å². The first-order valence-electron chi connectivity index (χ1n) is 2.36. The number of hydrogen-bond donors (Lipinski definition) is 0. The molecular weight excluding hydrogens is 257 g/mol. The number of hydrogen-bond acceptors (Lipinski definition) is 2. The molecule has 11 heavy (non-hydrogen) atoms. The van der Waals surface area contributed by atoms with Gasteiger partial charge in [-0.05, 0) is 23.2 Å². The Morgan fingerprint density at radius 2 is 1.73 bits per heavy atom. The molecular formula is C4HCl5O2. The molecule has 1 heterocycles. The molecule has 1 aliphatic rings. The fraction of sp³-hybridized carbons (Fsp3) is 0.500. The van der Waals surface area contributed by atoms with E-state index in [1.807, 2.05) is 0 Å². The first kappa shape index (κ1) is 9.87. The van der Waals surface area contributed by atoms with E-state index < -0.39 is 10.1 Å². The van der Waals surface area contributed by atoms with Crippen molar-refractivity contribution in [2.24, 2.45) is 0 Å². The molecule has 0 saturated heterocycles. The van der Waals surface area contributed by atoms with Crippen molar-refractivity contribution in [1.29, 1.82) is 0 Å². The maximum absolute atomic E-state index is 5.49. The van der Waals surface area contributed by atoms with E-state index in [2.05, 4.69) is 4.74 Å². The number of alkyl halides is 3. The number of ether oxygens (including phenoxy) is 2. The second kappa shape index (κ2) is 3.27. The molecule has 0 fully saturated rings. The first-order chi connectivity index (χ1) is 4.93. The molecule has 2 nitrogen and oxygen atoms in total. The predicted octanol–water partition coefficient (Wildman–Crippen LogP) is 3.33. The maximum atomic E-state index is 5.49. The zero-order chi connectivity index (χ0) is 8.65. The van der Waals surface area contributed by atoms with Crippen molar-refractivity contribution >= 4 is 58.0 Å². The molecule has 64 valence electrons. The van der Waals surface area contributed by atoms with Crippen LogP contribution in [-0.4, -0.2) is 10.1 Å². The molecule has 1 atom stereocenters. The Labute approximate surface area is 87.9 Å². The van der Waals surface area contributed by atoms with Crippen LogP contribution in [0.3, 0.4) is 0 Å². The Morgan fingerprint density at radius 3 is 2.18 bits per heavy atom. The third-order valence-electron chi connectivity index (χ3n) is 0.851. The molecule has 0 aromatic heterocycles. The Bertz CT molecular complexity index is 201. The summed E-state index contributed by atoms with van der Waals surface area (Å²) in [6.07, 6.45) is 0. The minimum absolute atomic E-state index is 0.163. The van der Waals surface area contributed by atoms with Gasteiger partial charge in [-0.2, -0.15) is 0 Å². The summed E-state index contributed by atoms with van der Waals surface area (Å²) < 4.78 is 7.69. The summed E-state index contributed by atoms with van der Waals surface area (Å²) in [6, 6.07) is 0. The van der Waals surface area contributed by atoms with Crippen molar-refractivity contribution in [3.8, 4) is 0 Å². The van der Waals surface area contributed by atoms with Gasteiger partial charge in [0.25, 0.3) is 0 Å². The lowest BCUT2D eigenvalue weighted by Crippen LogP contribution is -2.34. The molecule has 0 aliphatic carbocycles. The van der Waals surface area contributed by atoms with Crippen LogP contribution in [0.5, 0.6) is 0 Å². The van der Waals surface area contributed by atoms with E-state index in [1.165, 1.54) is 0 Å². The van der Waals surface area contributed by atoms with Crippen LogP contribution in [0.4, 0.5) is 0 Å². The highest BCUT2D eigenvalue weighted by molar-refractivity contribution is 6.51. The fourth-order valence-electron chi connectivity index (χ4n) is 0.412. The van der Waals surface area contributed by atoms with Crippen LogP contribution in [0.2, 0.25) is 0 Å². The maximum Gasteiger partial charge on any atom is 0.310 e. The van der Waals surface area contributed by atoms with Crippen LogP contribution < -0.4 is 0 Å². The highest BCUT2D eigenvalue weighted by Gasteiger charge is 2.43. The highest BCUT2D eigenvalue weighted by Crippen LogP contribution is 2.41. The molecule has 0 aromatic rings. The Kier molecular flexibility index (Phi) is 2.93. The number of halogens is 5. The minimum atomic E-state index is -1.70. The van der Waals surface area contributed by atoms with Gasteiger partial charge in [-0.3, -0.25) is 0 Å². The molecule has 0 spiro atoms. The van der Waals surface area contributed by atoms with Crippen LogP contribution >= 0.6 is 58.0 Å². The van der Waals surface area contributed by atoms with Gasteiger partial charge in [-0.25, -0.2) is 0 Å². The highest BCUT2D eigenvalue weighted by atomic mass is 35.5. The van der Waals surface area contributed by atoms with Crippen LogP contribution in [0, 0.1) is 0 Å². The van der Waals surface area contributed by atoms with Crippen LogP contribution in [0.15, 0.2) is 10.4 Å². The summed E-state index contributed by atoms with van der Waals surface area (Å²) in [5.74, 6) is 0. The lowest BCUT2D eigenvalue weighted by atomic mass is 10.7. The zero-order valence-electron chi connectivity index (χ0n) is 4.78. The third kappa shape index (κ3) is 2.13. The van der Waals surface area contributed by atoms with Crippen LogP contribution in [0.25, 0.3) is 0 Å². The molecule has 7 heteroatoms. The smallest absolute Gasteiger partial charge is 0.310 e. The van der Waals surface area contributed by atoms with Gasteiger partial charge in [-0.15, -0.1) is 0 Å². The average Bonchev–Trinajstić information content (AvgIpc) is 1.83. The van der Waals surface area contributed by atoms with Gasteiger partial charge in [0.1, 0.15) is 0 Å². The van der Waals surface area contributed by atoms with Gasteiger partial charge in [0.05, 0.1) is 0 Å². The number of rotatable bonds is 0. The van der Waals surface area contributed by atoms with E-state index in [0.717, 1.165) is 0 Å². The fourth-order valence-corrected chi connectivity index (χ4v) is 1.21. The Morgan fingerprint density at radius 1 is 1.18 bits per heavy atom. The lowest BCUT2D eigenvalue weighted by Gasteiger charge is -2.29. The van der Waals surface area contributed by atoms with Gasteiger partial charge in [0.2, 0.25) is 16.0 Å². The normalized spacial score (nSPS) is 29.4. The second-order valence-electron chi connectivity index (χ2n) is 1.65. The van der Waals surface area contributed by atoms with Crippen molar-refractivity contribution in [2.75, 3.05) is 0 Å². The Hall–Kier alpha value is 0.790. The summed E-state index contributed by atoms with van der Waals surface area (Å²) in [4.78, 5) is 0. The van der Waals surface area contributed by atoms with Crippen LogP contribution in [-0.2, 0) is 9.47 Å². The van der Waals surface area contributed by atoms with Crippen molar-refractivity contribution in [2.45, 2.75) is 10.1 Å². The van der Waals surface area contributed by atoms with E-state index in [1.54, 1.807) is 0 Å². The van der Waals surface area contributed by atoms with E-state index >= 15 is 0 Å².